The summed E-state index contributed by atoms with van der Waals surface area (Å²) in [4.78, 5) is 0. The van der Waals surface area contributed by atoms with Crippen molar-refractivity contribution in [3.8, 4) is 0 Å². The van der Waals surface area contributed by atoms with Crippen molar-refractivity contribution in [1.82, 2.24) is 5.32 Å². The molecule has 3 heteroatoms. The van der Waals surface area contributed by atoms with Gasteiger partial charge >= 0.3 is 0 Å². The van der Waals surface area contributed by atoms with E-state index in [0.717, 1.165) is 12.5 Å². The minimum absolute atomic E-state index is 0. The molecule has 0 saturated heterocycles. The van der Waals surface area contributed by atoms with Gasteiger partial charge in [-0.1, -0.05) is 25.5 Å². The summed E-state index contributed by atoms with van der Waals surface area (Å²) in [6.07, 6.45) is 3.93. The van der Waals surface area contributed by atoms with E-state index in [-0.39, 0.29) is 18.2 Å². The van der Waals surface area contributed by atoms with E-state index in [0.29, 0.717) is 6.04 Å². The highest BCUT2D eigenvalue weighted by Gasteiger charge is 2.35. The van der Waals surface area contributed by atoms with Crippen molar-refractivity contribution in [2.45, 2.75) is 38.8 Å². The molecular weight excluding hydrogens is 225 g/mol. The Balaban J connectivity index is 0.00000128. The maximum Gasteiger partial charge on any atom is 0.123 e. The molecule has 1 aliphatic rings. The second kappa shape index (κ2) is 6.21. The summed E-state index contributed by atoms with van der Waals surface area (Å²) in [6.45, 7) is 3.10. The maximum atomic E-state index is 12.6. The molecule has 1 N–H and O–H groups in total. The van der Waals surface area contributed by atoms with Crippen molar-refractivity contribution in [3.63, 3.8) is 0 Å². The van der Waals surface area contributed by atoms with E-state index in [9.17, 15) is 4.39 Å². The van der Waals surface area contributed by atoms with E-state index < -0.39 is 0 Å². The molecule has 2 atom stereocenters. The lowest BCUT2D eigenvalue weighted by Gasteiger charge is -2.03. The van der Waals surface area contributed by atoms with Gasteiger partial charge in [0.05, 0.1) is 0 Å². The highest BCUT2D eigenvalue weighted by Crippen LogP contribution is 2.34. The Morgan fingerprint density at radius 3 is 2.62 bits per heavy atom. The lowest BCUT2D eigenvalue weighted by Crippen LogP contribution is -2.17. The monoisotopic (exact) mass is 243 g/mol. The Hall–Kier alpha value is -0.600. The first-order chi connectivity index (χ1) is 7.29. The summed E-state index contributed by atoms with van der Waals surface area (Å²) in [7, 11) is 0. The number of hydrogen-bond acceptors (Lipinski definition) is 1. The van der Waals surface area contributed by atoms with E-state index in [1.807, 2.05) is 12.1 Å². The summed E-state index contributed by atoms with van der Waals surface area (Å²) in [5.74, 6) is 0.726. The Morgan fingerprint density at radius 2 is 2.00 bits per heavy atom. The average molecular weight is 244 g/mol. The Labute approximate surface area is 103 Å². The zero-order valence-electron chi connectivity index (χ0n) is 9.58. The first-order valence-electron chi connectivity index (χ1n) is 5.77. The number of rotatable bonds is 5. The molecule has 1 nitrogen and oxygen atoms in total. The maximum absolute atomic E-state index is 12.6. The number of benzene rings is 1. The van der Waals surface area contributed by atoms with Crippen molar-refractivity contribution in [2.24, 2.45) is 5.92 Å². The molecule has 2 rings (SSSR count). The van der Waals surface area contributed by atoms with Crippen molar-refractivity contribution in [2.75, 3.05) is 0 Å². The Morgan fingerprint density at radius 1 is 1.31 bits per heavy atom. The first kappa shape index (κ1) is 13.5. The molecule has 0 aliphatic heterocycles. The van der Waals surface area contributed by atoms with Crippen LogP contribution in [0, 0.1) is 11.7 Å². The SMILES string of the molecule is CCCC1CC1NCc1ccc(F)cc1.Cl. The smallest absolute Gasteiger partial charge is 0.123 e. The van der Waals surface area contributed by atoms with Gasteiger partial charge < -0.3 is 5.32 Å². The van der Waals surface area contributed by atoms with Crippen LogP contribution in [0.3, 0.4) is 0 Å². The third-order valence-corrected chi connectivity index (χ3v) is 3.06. The standard InChI is InChI=1S/C13H18FN.ClH/c1-2-3-11-8-13(11)15-9-10-4-6-12(14)7-5-10;/h4-7,11,13,15H,2-3,8-9H2,1H3;1H. The van der Waals surface area contributed by atoms with Gasteiger partial charge in [0.25, 0.3) is 0 Å². The topological polar surface area (TPSA) is 12.0 Å². The molecule has 16 heavy (non-hydrogen) atoms. The summed E-state index contributed by atoms with van der Waals surface area (Å²) in [5, 5.41) is 3.50. The lowest BCUT2D eigenvalue weighted by atomic mass is 10.2. The first-order valence-corrected chi connectivity index (χ1v) is 5.77. The van der Waals surface area contributed by atoms with Crippen molar-refractivity contribution in [1.29, 1.82) is 0 Å². The van der Waals surface area contributed by atoms with Crippen LogP contribution < -0.4 is 5.32 Å². The van der Waals surface area contributed by atoms with Crippen molar-refractivity contribution in [3.05, 3.63) is 35.6 Å². The molecule has 0 spiro atoms. The molecule has 90 valence electrons. The largest absolute Gasteiger partial charge is 0.310 e. The van der Waals surface area contributed by atoms with E-state index in [4.69, 9.17) is 0 Å². The summed E-state index contributed by atoms with van der Waals surface area (Å²) < 4.78 is 12.6. The van der Waals surface area contributed by atoms with E-state index in [2.05, 4.69) is 12.2 Å². The fraction of sp³-hybridized carbons (Fsp3) is 0.538. The van der Waals surface area contributed by atoms with Crippen LogP contribution >= 0.6 is 12.4 Å². The number of halogens is 2. The van der Waals surface area contributed by atoms with Gasteiger partial charge in [-0.3, -0.25) is 0 Å². The number of hydrogen-bond donors (Lipinski definition) is 1. The van der Waals surface area contributed by atoms with Crippen LogP contribution in [0.25, 0.3) is 0 Å². The Bertz CT molecular complexity index is 312. The zero-order valence-corrected chi connectivity index (χ0v) is 10.4. The second-order valence-electron chi connectivity index (χ2n) is 4.40. The highest BCUT2D eigenvalue weighted by atomic mass is 35.5. The van der Waals surface area contributed by atoms with Crippen LogP contribution in [0.4, 0.5) is 4.39 Å². The van der Waals surface area contributed by atoms with Gasteiger partial charge in [0, 0.05) is 12.6 Å². The zero-order chi connectivity index (χ0) is 10.7. The van der Waals surface area contributed by atoms with Gasteiger partial charge in [0.15, 0.2) is 0 Å². The van der Waals surface area contributed by atoms with Gasteiger partial charge in [0.2, 0.25) is 0 Å². The molecule has 0 radical (unpaired) electrons. The van der Waals surface area contributed by atoms with Crippen LogP contribution in [0.5, 0.6) is 0 Å². The van der Waals surface area contributed by atoms with E-state index in [1.54, 1.807) is 0 Å². The van der Waals surface area contributed by atoms with Crippen LogP contribution in [-0.2, 0) is 6.54 Å². The molecule has 2 unspecified atom stereocenters. The lowest BCUT2D eigenvalue weighted by molar-refractivity contribution is 0.596. The normalized spacial score (nSPS) is 22.6. The molecule has 1 saturated carbocycles. The third kappa shape index (κ3) is 3.76. The molecule has 0 bridgehead atoms. The molecule has 1 fully saturated rings. The van der Waals surface area contributed by atoms with Crippen LogP contribution in [-0.4, -0.2) is 6.04 Å². The van der Waals surface area contributed by atoms with Crippen LogP contribution in [0.1, 0.15) is 31.7 Å². The molecule has 1 aromatic rings. The molecule has 1 aliphatic carbocycles. The number of nitrogens with one attached hydrogen (secondary N) is 1. The predicted molar refractivity (Wildman–Crippen MR) is 67.3 cm³/mol. The quantitative estimate of drug-likeness (QED) is 0.834. The summed E-state index contributed by atoms with van der Waals surface area (Å²) >= 11 is 0. The van der Waals surface area contributed by atoms with Crippen LogP contribution in [0.2, 0.25) is 0 Å². The molecular formula is C13H19ClFN. The molecule has 1 aromatic carbocycles. The minimum atomic E-state index is -0.158. The highest BCUT2D eigenvalue weighted by molar-refractivity contribution is 5.85. The van der Waals surface area contributed by atoms with Crippen molar-refractivity contribution < 1.29 is 4.39 Å². The third-order valence-electron chi connectivity index (χ3n) is 3.06. The van der Waals surface area contributed by atoms with Gasteiger partial charge in [-0.05, 0) is 36.5 Å². The minimum Gasteiger partial charge on any atom is -0.310 e. The second-order valence-corrected chi connectivity index (χ2v) is 4.40. The van der Waals surface area contributed by atoms with Crippen molar-refractivity contribution >= 4 is 12.4 Å². The van der Waals surface area contributed by atoms with Gasteiger partial charge in [-0.25, -0.2) is 4.39 Å². The Kier molecular flexibility index (Phi) is 5.23. The fourth-order valence-corrected chi connectivity index (χ4v) is 2.04. The molecule has 0 amide bonds. The van der Waals surface area contributed by atoms with Gasteiger partial charge in [-0.15, -0.1) is 12.4 Å². The fourth-order valence-electron chi connectivity index (χ4n) is 2.04. The average Bonchev–Trinajstić information content (AvgIpc) is 2.97. The van der Waals surface area contributed by atoms with Crippen LogP contribution in [0.15, 0.2) is 24.3 Å². The van der Waals surface area contributed by atoms with E-state index >= 15 is 0 Å². The predicted octanol–water partition coefficient (Wildman–Crippen LogP) is 3.53. The molecule has 0 aromatic heterocycles. The van der Waals surface area contributed by atoms with E-state index in [1.165, 1.54) is 37.0 Å². The summed E-state index contributed by atoms with van der Waals surface area (Å²) in [5.41, 5.74) is 1.17. The molecule has 0 heterocycles. The van der Waals surface area contributed by atoms with Gasteiger partial charge in [0.1, 0.15) is 5.82 Å². The van der Waals surface area contributed by atoms with Gasteiger partial charge in [-0.2, -0.15) is 0 Å². The summed E-state index contributed by atoms with van der Waals surface area (Å²) in [6, 6.07) is 7.44.